The summed E-state index contributed by atoms with van der Waals surface area (Å²) >= 11 is 0. The number of methoxy groups -OCH3 is 1. The Morgan fingerprint density at radius 2 is 1.84 bits per heavy atom. The van der Waals surface area contributed by atoms with E-state index >= 15 is 0 Å². The summed E-state index contributed by atoms with van der Waals surface area (Å²) in [6.45, 7) is 13.3. The zero-order chi connectivity index (χ0) is 26.2. The van der Waals surface area contributed by atoms with E-state index in [1.807, 2.05) is 12.1 Å². The third-order valence-corrected chi connectivity index (χ3v) is 10.5. The molecule has 0 aromatic heterocycles. The molecule has 2 aromatic rings. The second-order valence-corrected chi connectivity index (χ2v) is 12.3. The third kappa shape index (κ3) is 4.99. The fraction of sp³-hybridized carbons (Fsp3) is 0.636. The second kappa shape index (κ2) is 10.9. The first kappa shape index (κ1) is 26.4. The van der Waals surface area contributed by atoms with E-state index in [1.54, 1.807) is 7.11 Å². The van der Waals surface area contributed by atoms with E-state index in [0.717, 1.165) is 68.3 Å². The standard InChI is InChI=1S/C33H47NO3/c1-6-34(7-2)21-23-8-13-30(31(19-23)36-5)37-17-15-25-9-12-29-32-22(3)18-24-20-26(35)10-11-27(24)28(32)14-16-33(25,29)4/h8,10-11,13,19-20,22,25,28-29,32,35H,6-7,9,12,14-18,21H2,1-5H3/t22?,25-,28?,29?,32-,33-/m1/s1. The monoisotopic (exact) mass is 505 g/mol. The molecule has 0 spiro atoms. The third-order valence-electron chi connectivity index (χ3n) is 10.5. The van der Waals surface area contributed by atoms with Crippen LogP contribution in [0.1, 0.15) is 82.4 Å². The van der Waals surface area contributed by atoms with Gasteiger partial charge in [0, 0.05) is 6.54 Å². The molecule has 37 heavy (non-hydrogen) atoms. The lowest BCUT2D eigenvalue weighted by molar-refractivity contribution is 0.000862. The SMILES string of the molecule is CCN(CC)Cc1ccc(OCC[C@H]2CCC3[C@@H]4C(C)Cc5cc(O)ccc5C4CC[C@@]32C)c(OC)c1. The van der Waals surface area contributed by atoms with E-state index in [1.165, 1.54) is 42.4 Å². The van der Waals surface area contributed by atoms with Gasteiger partial charge in [-0.15, -0.1) is 0 Å². The molecule has 0 bridgehead atoms. The van der Waals surface area contributed by atoms with Gasteiger partial charge in [-0.3, -0.25) is 4.90 Å². The van der Waals surface area contributed by atoms with Crippen LogP contribution in [-0.4, -0.2) is 36.8 Å². The normalized spacial score (nSPS) is 30.5. The largest absolute Gasteiger partial charge is 0.508 e. The fourth-order valence-corrected chi connectivity index (χ4v) is 8.49. The highest BCUT2D eigenvalue weighted by atomic mass is 16.5. The van der Waals surface area contributed by atoms with Crippen LogP contribution in [0.2, 0.25) is 0 Å². The summed E-state index contributed by atoms with van der Waals surface area (Å²) < 4.78 is 12.1. The number of benzene rings is 2. The topological polar surface area (TPSA) is 41.9 Å². The highest BCUT2D eigenvalue weighted by Gasteiger charge is 2.55. The van der Waals surface area contributed by atoms with Crippen molar-refractivity contribution in [2.24, 2.45) is 29.1 Å². The predicted molar refractivity (Wildman–Crippen MR) is 150 cm³/mol. The average Bonchev–Trinajstić information content (AvgIpc) is 3.23. The smallest absolute Gasteiger partial charge is 0.161 e. The van der Waals surface area contributed by atoms with Crippen molar-refractivity contribution >= 4 is 0 Å². The van der Waals surface area contributed by atoms with Crippen molar-refractivity contribution in [3.63, 3.8) is 0 Å². The van der Waals surface area contributed by atoms with Gasteiger partial charge in [0.25, 0.3) is 0 Å². The maximum absolute atomic E-state index is 10.0. The molecule has 4 heteroatoms. The Kier molecular flexibility index (Phi) is 7.77. The van der Waals surface area contributed by atoms with Crippen molar-refractivity contribution in [1.29, 1.82) is 0 Å². The number of hydrogen-bond acceptors (Lipinski definition) is 4. The summed E-state index contributed by atoms with van der Waals surface area (Å²) in [6, 6.07) is 12.6. The molecule has 0 aliphatic heterocycles. The van der Waals surface area contributed by atoms with Crippen molar-refractivity contribution < 1.29 is 14.6 Å². The first-order chi connectivity index (χ1) is 17.9. The van der Waals surface area contributed by atoms with Crippen molar-refractivity contribution in [1.82, 2.24) is 4.90 Å². The number of phenolic OH excluding ortho intramolecular Hbond substituents is 1. The summed E-state index contributed by atoms with van der Waals surface area (Å²) in [5, 5.41) is 10.0. The first-order valence-corrected chi connectivity index (χ1v) is 14.7. The summed E-state index contributed by atoms with van der Waals surface area (Å²) in [5.41, 5.74) is 4.59. The maximum atomic E-state index is 10.0. The van der Waals surface area contributed by atoms with Gasteiger partial charge in [-0.25, -0.2) is 0 Å². The van der Waals surface area contributed by atoms with Gasteiger partial charge in [-0.05, 0) is 128 Å². The molecule has 0 radical (unpaired) electrons. The molecule has 3 aliphatic rings. The fourth-order valence-electron chi connectivity index (χ4n) is 8.49. The van der Waals surface area contributed by atoms with Crippen molar-refractivity contribution in [2.45, 2.75) is 78.7 Å². The molecule has 2 saturated carbocycles. The Morgan fingerprint density at radius 3 is 2.59 bits per heavy atom. The number of nitrogens with zero attached hydrogens (tertiary/aromatic N) is 1. The van der Waals surface area contributed by atoms with Crippen LogP contribution in [0.3, 0.4) is 0 Å². The van der Waals surface area contributed by atoms with Crippen LogP contribution in [-0.2, 0) is 13.0 Å². The molecule has 0 saturated heterocycles. The Labute approximate surface area is 224 Å². The molecule has 5 rings (SSSR count). The number of fused-ring (bicyclic) bond motifs is 5. The van der Waals surface area contributed by atoms with Gasteiger partial charge in [0.15, 0.2) is 11.5 Å². The maximum Gasteiger partial charge on any atom is 0.161 e. The van der Waals surface area contributed by atoms with E-state index in [-0.39, 0.29) is 0 Å². The van der Waals surface area contributed by atoms with Crippen LogP contribution in [0.15, 0.2) is 36.4 Å². The average molecular weight is 506 g/mol. The van der Waals surface area contributed by atoms with Crippen molar-refractivity contribution in [3.8, 4) is 17.2 Å². The molecule has 2 fully saturated rings. The van der Waals surface area contributed by atoms with E-state index in [2.05, 4.69) is 56.9 Å². The summed E-state index contributed by atoms with van der Waals surface area (Å²) in [7, 11) is 1.75. The lowest BCUT2D eigenvalue weighted by Gasteiger charge is -2.53. The lowest BCUT2D eigenvalue weighted by Crippen LogP contribution is -2.45. The van der Waals surface area contributed by atoms with Gasteiger partial charge in [0.05, 0.1) is 13.7 Å². The predicted octanol–water partition coefficient (Wildman–Crippen LogP) is 7.43. The quantitative estimate of drug-likeness (QED) is 0.385. The number of phenols is 1. The van der Waals surface area contributed by atoms with Gasteiger partial charge in [-0.2, -0.15) is 0 Å². The van der Waals surface area contributed by atoms with Crippen molar-refractivity contribution in [2.75, 3.05) is 26.8 Å². The minimum Gasteiger partial charge on any atom is -0.508 e. The molecule has 1 N–H and O–H groups in total. The first-order valence-electron chi connectivity index (χ1n) is 14.7. The molecule has 2 aromatic carbocycles. The molecular formula is C33H47NO3. The number of hydrogen-bond donors (Lipinski definition) is 1. The molecule has 4 nitrogen and oxygen atoms in total. The van der Waals surface area contributed by atoms with Crippen LogP contribution in [0.5, 0.6) is 17.2 Å². The van der Waals surface area contributed by atoms with Gasteiger partial charge in [-0.1, -0.05) is 39.8 Å². The summed E-state index contributed by atoms with van der Waals surface area (Å²) in [5.74, 6) is 5.75. The van der Waals surface area contributed by atoms with Gasteiger partial charge < -0.3 is 14.6 Å². The molecule has 6 atom stereocenters. The Balaban J connectivity index is 1.23. The minimum absolute atomic E-state index is 0.408. The van der Waals surface area contributed by atoms with E-state index < -0.39 is 0 Å². The zero-order valence-corrected chi connectivity index (χ0v) is 23.6. The second-order valence-electron chi connectivity index (χ2n) is 12.3. The van der Waals surface area contributed by atoms with Gasteiger partial charge in [0.1, 0.15) is 5.75 Å². The molecule has 0 amide bonds. The Morgan fingerprint density at radius 1 is 1.03 bits per heavy atom. The molecule has 202 valence electrons. The highest BCUT2D eigenvalue weighted by molar-refractivity contribution is 5.43. The summed E-state index contributed by atoms with van der Waals surface area (Å²) in [4.78, 5) is 2.41. The van der Waals surface area contributed by atoms with Gasteiger partial charge >= 0.3 is 0 Å². The lowest BCUT2D eigenvalue weighted by atomic mass is 9.51. The highest BCUT2D eigenvalue weighted by Crippen LogP contribution is 2.64. The molecule has 3 unspecified atom stereocenters. The van der Waals surface area contributed by atoms with E-state index in [0.29, 0.717) is 23.0 Å². The van der Waals surface area contributed by atoms with Crippen LogP contribution < -0.4 is 9.47 Å². The van der Waals surface area contributed by atoms with Gasteiger partial charge in [0.2, 0.25) is 0 Å². The Hall–Kier alpha value is -2.20. The Bertz CT molecular complexity index is 1080. The van der Waals surface area contributed by atoms with E-state index in [9.17, 15) is 5.11 Å². The van der Waals surface area contributed by atoms with Crippen molar-refractivity contribution in [3.05, 3.63) is 53.1 Å². The van der Waals surface area contributed by atoms with E-state index in [4.69, 9.17) is 9.47 Å². The van der Waals surface area contributed by atoms with Crippen LogP contribution >= 0.6 is 0 Å². The number of rotatable bonds is 9. The van der Waals surface area contributed by atoms with Crippen LogP contribution in [0.25, 0.3) is 0 Å². The van der Waals surface area contributed by atoms with Crippen LogP contribution in [0, 0.1) is 29.1 Å². The molecular weight excluding hydrogens is 458 g/mol. The number of aromatic hydroxyl groups is 1. The minimum atomic E-state index is 0.408. The van der Waals surface area contributed by atoms with Crippen LogP contribution in [0.4, 0.5) is 0 Å². The number of ether oxygens (including phenoxy) is 2. The molecule has 3 aliphatic carbocycles. The zero-order valence-electron chi connectivity index (χ0n) is 23.6. The molecule has 0 heterocycles. The summed E-state index contributed by atoms with van der Waals surface area (Å²) in [6.07, 6.45) is 7.48.